The number of phenols is 1. The first kappa shape index (κ1) is 33.0. The van der Waals surface area contributed by atoms with E-state index in [9.17, 15) is 29.4 Å². The molecular formula is C29H47N5O6. The number of unbranched alkanes of at least 4 members (excludes halogenated alkanes) is 3. The van der Waals surface area contributed by atoms with Gasteiger partial charge in [-0.15, -0.1) is 0 Å². The van der Waals surface area contributed by atoms with Crippen molar-refractivity contribution >= 4 is 23.7 Å². The molecule has 9 N–H and O–H groups in total. The number of amides is 3. The van der Waals surface area contributed by atoms with Gasteiger partial charge in [-0.05, 0) is 94.5 Å². The van der Waals surface area contributed by atoms with Gasteiger partial charge in [0.1, 0.15) is 17.8 Å². The highest BCUT2D eigenvalue weighted by molar-refractivity contribution is 5.88. The molecule has 11 heteroatoms. The van der Waals surface area contributed by atoms with Gasteiger partial charge in [0.15, 0.2) is 0 Å². The highest BCUT2D eigenvalue weighted by Crippen LogP contribution is 2.28. The van der Waals surface area contributed by atoms with Gasteiger partial charge in [-0.1, -0.05) is 18.6 Å². The molecule has 0 aromatic heterocycles. The van der Waals surface area contributed by atoms with Crippen molar-refractivity contribution in [3.8, 4) is 5.75 Å². The Hall–Kier alpha value is -3.18. The van der Waals surface area contributed by atoms with Crippen LogP contribution in [0, 0.1) is 11.8 Å². The van der Waals surface area contributed by atoms with Crippen LogP contribution in [0.1, 0.15) is 76.2 Å². The monoisotopic (exact) mass is 561 g/mol. The predicted molar refractivity (Wildman–Crippen MR) is 152 cm³/mol. The van der Waals surface area contributed by atoms with Crippen LogP contribution < -0.4 is 27.4 Å². The molecule has 0 aliphatic heterocycles. The fourth-order valence-corrected chi connectivity index (χ4v) is 4.97. The number of carboxylic acids is 1. The van der Waals surface area contributed by atoms with Crippen LogP contribution in [-0.2, 0) is 25.6 Å². The lowest BCUT2D eigenvalue weighted by molar-refractivity contribution is -0.142. The Bertz CT molecular complexity index is 933. The molecule has 11 nitrogen and oxygen atoms in total. The molecule has 2 atom stereocenters. The predicted octanol–water partition coefficient (Wildman–Crippen LogP) is 1.56. The van der Waals surface area contributed by atoms with Gasteiger partial charge in [0.25, 0.3) is 0 Å². The van der Waals surface area contributed by atoms with Gasteiger partial charge >= 0.3 is 5.97 Å². The minimum atomic E-state index is -1.05. The Labute approximate surface area is 236 Å². The molecule has 1 fully saturated rings. The number of carbonyl (C=O) groups excluding carboxylic acids is 3. The van der Waals surface area contributed by atoms with E-state index in [1.165, 1.54) is 0 Å². The molecule has 0 spiro atoms. The summed E-state index contributed by atoms with van der Waals surface area (Å²) in [6.07, 6.45) is 7.42. The topological polar surface area (TPSA) is 197 Å². The van der Waals surface area contributed by atoms with E-state index in [0.29, 0.717) is 70.5 Å². The number of aliphatic carboxylic acids is 1. The van der Waals surface area contributed by atoms with E-state index in [0.717, 1.165) is 31.2 Å². The zero-order chi connectivity index (χ0) is 29.3. The first-order chi connectivity index (χ1) is 19.2. The fraction of sp³-hybridized carbons (Fsp3) is 0.655. The Balaban J connectivity index is 1.78. The SMILES string of the molecule is NCCCC[C@H](NC(=O)CCCCCNC(=O)[C@H](Cc1ccc(O)cc1)NC(=O)C1CCC(CN)CC1)C(=O)O. The molecule has 0 saturated heterocycles. The third kappa shape index (κ3) is 12.3. The van der Waals surface area contributed by atoms with Gasteiger partial charge in [-0.25, -0.2) is 4.79 Å². The second kappa shape index (κ2) is 18.2. The van der Waals surface area contributed by atoms with Gasteiger partial charge in [-0.2, -0.15) is 0 Å². The van der Waals surface area contributed by atoms with Crippen molar-refractivity contribution in [1.29, 1.82) is 0 Å². The van der Waals surface area contributed by atoms with Crippen LogP contribution in [0.25, 0.3) is 0 Å². The number of nitrogens with two attached hydrogens (primary N) is 2. The molecule has 3 amide bonds. The normalized spacial score (nSPS) is 18.4. The van der Waals surface area contributed by atoms with Crippen LogP contribution in [0.3, 0.4) is 0 Å². The zero-order valence-electron chi connectivity index (χ0n) is 23.4. The summed E-state index contributed by atoms with van der Waals surface area (Å²) >= 11 is 0. The number of benzene rings is 1. The molecule has 1 saturated carbocycles. The van der Waals surface area contributed by atoms with E-state index < -0.39 is 18.1 Å². The summed E-state index contributed by atoms with van der Waals surface area (Å²) in [5, 5.41) is 27.3. The minimum Gasteiger partial charge on any atom is -0.508 e. The van der Waals surface area contributed by atoms with Crippen LogP contribution in [0.15, 0.2) is 24.3 Å². The minimum absolute atomic E-state index is 0.122. The molecule has 40 heavy (non-hydrogen) atoms. The fourth-order valence-electron chi connectivity index (χ4n) is 4.97. The van der Waals surface area contributed by atoms with E-state index in [-0.39, 0.29) is 35.8 Å². The Morgan fingerprint density at radius 1 is 0.875 bits per heavy atom. The van der Waals surface area contributed by atoms with E-state index in [2.05, 4.69) is 16.0 Å². The summed E-state index contributed by atoms with van der Waals surface area (Å²) in [5.74, 6) is -1.31. The Morgan fingerprint density at radius 3 is 2.20 bits per heavy atom. The van der Waals surface area contributed by atoms with E-state index >= 15 is 0 Å². The molecule has 0 unspecified atom stereocenters. The maximum Gasteiger partial charge on any atom is 0.326 e. The van der Waals surface area contributed by atoms with Crippen LogP contribution in [0.2, 0.25) is 0 Å². The molecule has 1 aliphatic carbocycles. The first-order valence-corrected chi connectivity index (χ1v) is 14.5. The van der Waals surface area contributed by atoms with E-state index in [1.807, 2.05) is 0 Å². The lowest BCUT2D eigenvalue weighted by Crippen LogP contribution is -2.50. The smallest absolute Gasteiger partial charge is 0.326 e. The Kier molecular flexibility index (Phi) is 15.0. The van der Waals surface area contributed by atoms with Crippen molar-refractivity contribution in [1.82, 2.24) is 16.0 Å². The molecule has 2 rings (SSSR count). The lowest BCUT2D eigenvalue weighted by Gasteiger charge is -2.28. The molecule has 0 heterocycles. The summed E-state index contributed by atoms with van der Waals surface area (Å²) in [6.45, 7) is 1.50. The number of aromatic hydroxyl groups is 1. The summed E-state index contributed by atoms with van der Waals surface area (Å²) in [6, 6.07) is 4.90. The summed E-state index contributed by atoms with van der Waals surface area (Å²) in [7, 11) is 0. The quantitative estimate of drug-likeness (QED) is 0.131. The lowest BCUT2D eigenvalue weighted by atomic mass is 9.81. The van der Waals surface area contributed by atoms with Gasteiger partial charge in [0.2, 0.25) is 17.7 Å². The summed E-state index contributed by atoms with van der Waals surface area (Å²) < 4.78 is 0. The third-order valence-corrected chi connectivity index (χ3v) is 7.52. The molecule has 1 aromatic rings. The van der Waals surface area contributed by atoms with Crippen molar-refractivity contribution < 1.29 is 29.4 Å². The van der Waals surface area contributed by atoms with Gasteiger partial charge in [0, 0.05) is 25.3 Å². The van der Waals surface area contributed by atoms with Crippen LogP contribution in [0.5, 0.6) is 5.75 Å². The van der Waals surface area contributed by atoms with Gasteiger partial charge in [-0.3, -0.25) is 14.4 Å². The molecule has 1 aliphatic rings. The number of hydrogen-bond donors (Lipinski definition) is 7. The van der Waals surface area contributed by atoms with Crippen molar-refractivity contribution in [3.05, 3.63) is 29.8 Å². The van der Waals surface area contributed by atoms with Gasteiger partial charge in [0.05, 0.1) is 0 Å². The number of carboxylic acid groups (broad SMARTS) is 1. The number of hydrogen-bond acceptors (Lipinski definition) is 7. The Morgan fingerprint density at radius 2 is 1.57 bits per heavy atom. The van der Waals surface area contributed by atoms with E-state index in [1.54, 1.807) is 24.3 Å². The van der Waals surface area contributed by atoms with Crippen molar-refractivity contribution in [2.24, 2.45) is 23.3 Å². The van der Waals surface area contributed by atoms with Crippen LogP contribution in [0.4, 0.5) is 0 Å². The van der Waals surface area contributed by atoms with Gasteiger partial charge < -0.3 is 37.6 Å². The summed E-state index contributed by atoms with van der Waals surface area (Å²) in [4.78, 5) is 49.5. The van der Waals surface area contributed by atoms with E-state index in [4.69, 9.17) is 11.5 Å². The number of phenolic OH excluding ortho intramolecular Hbond substituents is 1. The maximum absolute atomic E-state index is 13.0. The highest BCUT2D eigenvalue weighted by Gasteiger charge is 2.29. The second-order valence-electron chi connectivity index (χ2n) is 10.7. The molecule has 0 radical (unpaired) electrons. The molecule has 224 valence electrons. The van der Waals surface area contributed by atoms with Crippen molar-refractivity contribution in [2.45, 2.75) is 89.1 Å². The maximum atomic E-state index is 13.0. The largest absolute Gasteiger partial charge is 0.508 e. The number of rotatable bonds is 18. The third-order valence-electron chi connectivity index (χ3n) is 7.52. The van der Waals surface area contributed by atoms with Crippen LogP contribution in [-0.4, -0.2) is 65.6 Å². The standard InChI is InChI=1S/C29H47N5O6/c30-16-4-3-6-24(29(39)40)33-26(36)7-2-1-5-17-32-28(38)25(18-20-10-14-23(35)15-11-20)34-27(37)22-12-8-21(19-31)9-13-22/h10-11,14-15,21-22,24-25,35H,1-9,12-13,16-19,30-31H2,(H,32,38)(H,33,36)(H,34,37)(H,39,40)/t21?,22?,24-,25-/m0/s1. The first-order valence-electron chi connectivity index (χ1n) is 14.5. The van der Waals surface area contributed by atoms with Crippen molar-refractivity contribution in [2.75, 3.05) is 19.6 Å². The number of nitrogens with one attached hydrogen (secondary N) is 3. The van der Waals surface area contributed by atoms with Crippen molar-refractivity contribution in [3.63, 3.8) is 0 Å². The summed E-state index contributed by atoms with van der Waals surface area (Å²) in [5.41, 5.74) is 12.0. The average Bonchev–Trinajstić information content (AvgIpc) is 2.95. The molecular weight excluding hydrogens is 514 g/mol. The second-order valence-corrected chi connectivity index (χ2v) is 10.7. The van der Waals surface area contributed by atoms with Crippen LogP contribution >= 0.6 is 0 Å². The number of carbonyl (C=O) groups is 4. The average molecular weight is 562 g/mol. The molecule has 0 bridgehead atoms. The zero-order valence-corrected chi connectivity index (χ0v) is 23.4. The highest BCUT2D eigenvalue weighted by atomic mass is 16.4. The molecule has 1 aromatic carbocycles.